The molecule has 3 aliphatic carbocycles. The van der Waals surface area contributed by atoms with Crippen LogP contribution < -0.4 is 0 Å². The van der Waals surface area contributed by atoms with E-state index in [1.165, 1.54) is 5.57 Å². The predicted molar refractivity (Wildman–Crippen MR) is 60.2 cm³/mol. The summed E-state index contributed by atoms with van der Waals surface area (Å²) in [5.41, 5.74) is 4.29. The Kier molecular flexibility index (Phi) is 1.72. The molecule has 0 saturated carbocycles. The number of hydrogen-bond donors (Lipinski definition) is 0. The number of rotatable bonds is 0. The third-order valence-electron chi connectivity index (χ3n) is 2.86. The van der Waals surface area contributed by atoms with E-state index < -0.39 is 0 Å². The van der Waals surface area contributed by atoms with Crippen molar-refractivity contribution >= 4 is 5.78 Å². The van der Waals surface area contributed by atoms with Gasteiger partial charge in [-0.1, -0.05) is 48.6 Å². The molecular weight excluding hydrogens is 184 g/mol. The molecule has 0 spiro atoms. The fraction of sp³-hybridized carbons (Fsp3) is 0.0714. The lowest BCUT2D eigenvalue weighted by molar-refractivity contribution is -0.114. The molecule has 0 unspecified atom stereocenters. The van der Waals surface area contributed by atoms with Gasteiger partial charge < -0.3 is 0 Å². The van der Waals surface area contributed by atoms with Crippen LogP contribution in [0.4, 0.5) is 0 Å². The van der Waals surface area contributed by atoms with Crippen LogP contribution in [0.5, 0.6) is 0 Å². The van der Waals surface area contributed by atoms with Gasteiger partial charge in [-0.3, -0.25) is 4.79 Å². The summed E-state index contributed by atoms with van der Waals surface area (Å²) in [6.45, 7) is 0. The minimum Gasteiger partial charge on any atom is -0.294 e. The van der Waals surface area contributed by atoms with E-state index in [1.54, 1.807) is 0 Å². The van der Waals surface area contributed by atoms with Crippen LogP contribution in [0.3, 0.4) is 0 Å². The molecule has 1 heteroatoms. The molecule has 0 aliphatic heterocycles. The Hall–Kier alpha value is -1.89. The largest absolute Gasteiger partial charge is 0.294 e. The quantitative estimate of drug-likeness (QED) is 0.579. The third kappa shape index (κ3) is 1.20. The number of hydrogen-bond acceptors (Lipinski definition) is 1. The van der Waals surface area contributed by atoms with Crippen LogP contribution in [0, 0.1) is 0 Å². The second kappa shape index (κ2) is 3.06. The van der Waals surface area contributed by atoms with E-state index in [9.17, 15) is 4.79 Å². The minimum atomic E-state index is 0.228. The molecule has 0 radical (unpaired) electrons. The van der Waals surface area contributed by atoms with Gasteiger partial charge in [-0.15, -0.1) is 0 Å². The van der Waals surface area contributed by atoms with Gasteiger partial charge in [0.15, 0.2) is 5.78 Å². The molecule has 72 valence electrons. The topological polar surface area (TPSA) is 17.1 Å². The van der Waals surface area contributed by atoms with Gasteiger partial charge in [0.2, 0.25) is 0 Å². The summed E-state index contributed by atoms with van der Waals surface area (Å²) in [5, 5.41) is 0. The van der Waals surface area contributed by atoms with Crippen molar-refractivity contribution in [2.24, 2.45) is 0 Å². The van der Waals surface area contributed by atoms with Crippen molar-refractivity contribution < 1.29 is 4.79 Å². The second-order valence-corrected chi connectivity index (χ2v) is 3.77. The summed E-state index contributed by atoms with van der Waals surface area (Å²) >= 11 is 0. The fourth-order valence-electron chi connectivity index (χ4n) is 2.14. The zero-order chi connectivity index (χ0) is 10.3. The van der Waals surface area contributed by atoms with Crippen LogP contribution in [0.15, 0.2) is 70.9 Å². The van der Waals surface area contributed by atoms with Crippen molar-refractivity contribution in [2.45, 2.75) is 6.42 Å². The Balaban J connectivity index is 2.27. The summed E-state index contributed by atoms with van der Waals surface area (Å²) in [5.74, 6) is 0.228. The lowest BCUT2D eigenvalue weighted by atomic mass is 9.88. The first kappa shape index (κ1) is 8.42. The van der Waals surface area contributed by atoms with E-state index in [0.29, 0.717) is 6.42 Å². The van der Waals surface area contributed by atoms with Gasteiger partial charge in [0.1, 0.15) is 0 Å². The van der Waals surface area contributed by atoms with Crippen molar-refractivity contribution in [1.29, 1.82) is 0 Å². The highest BCUT2D eigenvalue weighted by Crippen LogP contribution is 2.36. The van der Waals surface area contributed by atoms with Gasteiger partial charge in [0.05, 0.1) is 0 Å². The second-order valence-electron chi connectivity index (χ2n) is 3.77. The van der Waals surface area contributed by atoms with E-state index >= 15 is 0 Å². The minimum absolute atomic E-state index is 0.228. The number of Topliss-reactive ketones (excluding diaryl/α,β-unsaturated/α-hetero) is 1. The van der Waals surface area contributed by atoms with E-state index in [2.05, 4.69) is 12.2 Å². The highest BCUT2D eigenvalue weighted by atomic mass is 16.1. The molecule has 0 fully saturated rings. The van der Waals surface area contributed by atoms with Gasteiger partial charge in [0.25, 0.3) is 0 Å². The highest BCUT2D eigenvalue weighted by Gasteiger charge is 2.24. The van der Waals surface area contributed by atoms with Crippen molar-refractivity contribution in [2.75, 3.05) is 0 Å². The van der Waals surface area contributed by atoms with E-state index in [4.69, 9.17) is 0 Å². The smallest absolute Gasteiger partial charge is 0.167 e. The molecule has 0 saturated heterocycles. The molecule has 3 aliphatic rings. The highest BCUT2D eigenvalue weighted by molar-refractivity contribution is 6.05. The van der Waals surface area contributed by atoms with Crippen molar-refractivity contribution in [1.82, 2.24) is 0 Å². The molecule has 0 amide bonds. The van der Waals surface area contributed by atoms with Gasteiger partial charge in [-0.25, -0.2) is 0 Å². The van der Waals surface area contributed by atoms with E-state index in [-0.39, 0.29) is 5.78 Å². The predicted octanol–water partition coefficient (Wildman–Crippen LogP) is 2.80. The molecule has 0 N–H and O–H groups in total. The lowest BCUT2D eigenvalue weighted by Crippen LogP contribution is -2.07. The first-order valence-corrected chi connectivity index (χ1v) is 5.08. The van der Waals surface area contributed by atoms with Crippen LogP contribution in [0.1, 0.15) is 6.42 Å². The summed E-state index contributed by atoms with van der Waals surface area (Å²) < 4.78 is 0. The van der Waals surface area contributed by atoms with Crippen molar-refractivity contribution in [3.05, 3.63) is 70.9 Å². The first-order chi connectivity index (χ1) is 7.36. The summed E-state index contributed by atoms with van der Waals surface area (Å²) in [4.78, 5) is 11.7. The molecule has 0 atom stereocenters. The summed E-state index contributed by atoms with van der Waals surface area (Å²) in [6, 6.07) is 0. The van der Waals surface area contributed by atoms with Gasteiger partial charge >= 0.3 is 0 Å². The van der Waals surface area contributed by atoms with Crippen molar-refractivity contribution in [3.8, 4) is 0 Å². The van der Waals surface area contributed by atoms with Crippen LogP contribution in [0.2, 0.25) is 0 Å². The van der Waals surface area contributed by atoms with E-state index in [0.717, 1.165) is 16.7 Å². The van der Waals surface area contributed by atoms with Crippen LogP contribution >= 0.6 is 0 Å². The molecule has 0 aromatic carbocycles. The maximum Gasteiger partial charge on any atom is 0.167 e. The Labute approximate surface area is 88.5 Å². The Bertz CT molecular complexity index is 520. The molecule has 0 aromatic rings. The molecule has 0 bridgehead atoms. The molecule has 0 aromatic heterocycles. The number of carbonyl (C=O) groups excluding carboxylic acids is 1. The van der Waals surface area contributed by atoms with Gasteiger partial charge in [-0.05, 0) is 16.7 Å². The zero-order valence-corrected chi connectivity index (χ0v) is 8.23. The third-order valence-corrected chi connectivity index (χ3v) is 2.86. The van der Waals surface area contributed by atoms with Crippen LogP contribution in [-0.2, 0) is 4.79 Å². The molecule has 0 heterocycles. The molecule has 3 rings (SSSR count). The number of ketones is 1. The molecular formula is C14H10O. The van der Waals surface area contributed by atoms with Gasteiger partial charge in [-0.2, -0.15) is 0 Å². The maximum absolute atomic E-state index is 11.7. The summed E-state index contributed by atoms with van der Waals surface area (Å²) in [6.07, 6.45) is 16.6. The average molecular weight is 194 g/mol. The van der Waals surface area contributed by atoms with E-state index in [1.807, 2.05) is 36.5 Å². The Morgan fingerprint density at radius 2 is 1.87 bits per heavy atom. The fourth-order valence-corrected chi connectivity index (χ4v) is 2.14. The Morgan fingerprint density at radius 3 is 2.80 bits per heavy atom. The lowest BCUT2D eigenvalue weighted by Gasteiger charge is -2.14. The van der Waals surface area contributed by atoms with Gasteiger partial charge in [0, 0.05) is 12.0 Å². The Morgan fingerprint density at radius 1 is 0.933 bits per heavy atom. The molecule has 15 heavy (non-hydrogen) atoms. The SMILES string of the molecule is O=C1CC=C2C=CC=CC=C3C=CC1=C32. The standard InChI is InChI=1S/C14H10O/c15-13-9-7-11-5-3-1-2-4-10-6-8-12(13)14(10)11/h1-8H,9H2. The van der Waals surface area contributed by atoms with Crippen LogP contribution in [0.25, 0.3) is 0 Å². The maximum atomic E-state index is 11.7. The average Bonchev–Trinajstić information content (AvgIpc) is 2.61. The van der Waals surface area contributed by atoms with Crippen molar-refractivity contribution in [3.63, 3.8) is 0 Å². The number of allylic oxidation sites excluding steroid dienone is 12. The normalized spacial score (nSPS) is 22.3. The number of carbonyl (C=O) groups is 1. The zero-order valence-electron chi connectivity index (χ0n) is 8.23. The summed E-state index contributed by atoms with van der Waals surface area (Å²) in [7, 11) is 0. The van der Waals surface area contributed by atoms with Crippen LogP contribution in [-0.4, -0.2) is 5.78 Å². The first-order valence-electron chi connectivity index (χ1n) is 5.08. The monoisotopic (exact) mass is 194 g/mol. The molecule has 1 nitrogen and oxygen atoms in total.